The molecule has 19 heavy (non-hydrogen) atoms. The van der Waals surface area contributed by atoms with Gasteiger partial charge in [-0.1, -0.05) is 6.07 Å². The van der Waals surface area contributed by atoms with Crippen molar-refractivity contribution in [3.63, 3.8) is 0 Å². The molecule has 0 atom stereocenters. The van der Waals surface area contributed by atoms with E-state index in [0.29, 0.717) is 17.0 Å². The second kappa shape index (κ2) is 6.35. The quantitative estimate of drug-likeness (QED) is 0.833. The minimum Gasteiger partial charge on any atom is -0.381 e. The second-order valence-electron chi connectivity index (χ2n) is 4.93. The third-order valence-electron chi connectivity index (χ3n) is 3.46. The first-order valence-electron chi connectivity index (χ1n) is 6.54. The molecule has 1 aliphatic rings. The molecule has 4 heteroatoms. The van der Waals surface area contributed by atoms with Crippen molar-refractivity contribution < 1.29 is 9.53 Å². The predicted molar refractivity (Wildman–Crippen MR) is 71.7 cm³/mol. The Kier molecular flexibility index (Phi) is 4.53. The van der Waals surface area contributed by atoms with Gasteiger partial charge in [0, 0.05) is 32.4 Å². The van der Waals surface area contributed by atoms with Crippen LogP contribution in [0.5, 0.6) is 0 Å². The molecule has 1 aromatic rings. The Bertz CT molecular complexity index is 487. The average Bonchev–Trinajstić information content (AvgIpc) is 2.47. The van der Waals surface area contributed by atoms with E-state index in [0.717, 1.165) is 32.6 Å². The number of carbonyl (C=O) groups excluding carboxylic acids is 1. The normalized spacial score (nSPS) is 15.8. The molecular formula is C15H18N2O2. The minimum absolute atomic E-state index is 0.0245. The SMILES string of the molecule is CN(CC1CCOCC1)C(=O)c1cccc(C#N)c1. The molecule has 1 aromatic carbocycles. The number of nitriles is 1. The molecule has 100 valence electrons. The Morgan fingerprint density at radius 3 is 2.89 bits per heavy atom. The lowest BCUT2D eigenvalue weighted by Gasteiger charge is -2.27. The Hall–Kier alpha value is -1.86. The number of nitrogens with zero attached hydrogens (tertiary/aromatic N) is 2. The summed E-state index contributed by atoms with van der Waals surface area (Å²) in [5.74, 6) is 0.491. The molecule has 2 rings (SSSR count). The molecule has 1 heterocycles. The summed E-state index contributed by atoms with van der Waals surface area (Å²) in [7, 11) is 1.82. The lowest BCUT2D eigenvalue weighted by Crippen LogP contribution is -2.34. The van der Waals surface area contributed by atoms with E-state index in [1.165, 1.54) is 0 Å². The summed E-state index contributed by atoms with van der Waals surface area (Å²) in [4.78, 5) is 14.0. The van der Waals surface area contributed by atoms with Gasteiger partial charge in [-0.05, 0) is 37.0 Å². The van der Waals surface area contributed by atoms with Crippen molar-refractivity contribution in [3.8, 4) is 6.07 Å². The Balaban J connectivity index is 1.99. The van der Waals surface area contributed by atoms with E-state index in [-0.39, 0.29) is 5.91 Å². The van der Waals surface area contributed by atoms with Crippen LogP contribution >= 0.6 is 0 Å². The van der Waals surface area contributed by atoms with Crippen molar-refractivity contribution in [2.75, 3.05) is 26.8 Å². The molecule has 1 amide bonds. The first-order valence-corrected chi connectivity index (χ1v) is 6.54. The van der Waals surface area contributed by atoms with Crippen LogP contribution in [0.1, 0.15) is 28.8 Å². The molecule has 0 N–H and O–H groups in total. The predicted octanol–water partition coefficient (Wildman–Crippen LogP) is 2.06. The summed E-state index contributed by atoms with van der Waals surface area (Å²) < 4.78 is 5.32. The number of carbonyl (C=O) groups is 1. The molecule has 4 nitrogen and oxygen atoms in total. The van der Waals surface area contributed by atoms with Gasteiger partial charge < -0.3 is 9.64 Å². The van der Waals surface area contributed by atoms with Crippen molar-refractivity contribution in [1.29, 1.82) is 5.26 Å². The van der Waals surface area contributed by atoms with Gasteiger partial charge in [0.25, 0.3) is 5.91 Å². The number of amides is 1. The van der Waals surface area contributed by atoms with Crippen LogP contribution in [0.15, 0.2) is 24.3 Å². The van der Waals surface area contributed by atoms with Crippen LogP contribution in [-0.4, -0.2) is 37.6 Å². The van der Waals surface area contributed by atoms with Gasteiger partial charge in [0.2, 0.25) is 0 Å². The van der Waals surface area contributed by atoms with E-state index in [4.69, 9.17) is 10.00 Å². The fraction of sp³-hybridized carbons (Fsp3) is 0.467. The zero-order valence-corrected chi connectivity index (χ0v) is 11.1. The molecule has 0 aliphatic carbocycles. The third kappa shape index (κ3) is 3.55. The van der Waals surface area contributed by atoms with Crippen molar-refractivity contribution in [2.45, 2.75) is 12.8 Å². The molecule has 0 unspecified atom stereocenters. The zero-order chi connectivity index (χ0) is 13.7. The van der Waals surface area contributed by atoms with Crippen LogP contribution in [0, 0.1) is 17.2 Å². The van der Waals surface area contributed by atoms with E-state index in [9.17, 15) is 4.79 Å². The van der Waals surface area contributed by atoms with Gasteiger partial charge in [-0.25, -0.2) is 0 Å². The van der Waals surface area contributed by atoms with E-state index >= 15 is 0 Å². The highest BCUT2D eigenvalue weighted by Gasteiger charge is 2.19. The largest absolute Gasteiger partial charge is 0.381 e. The number of ether oxygens (including phenoxy) is 1. The lowest BCUT2D eigenvalue weighted by molar-refractivity contribution is 0.0497. The van der Waals surface area contributed by atoms with Crippen LogP contribution in [-0.2, 0) is 4.74 Å². The Morgan fingerprint density at radius 2 is 2.21 bits per heavy atom. The third-order valence-corrected chi connectivity index (χ3v) is 3.46. The van der Waals surface area contributed by atoms with Crippen LogP contribution < -0.4 is 0 Å². The lowest BCUT2D eigenvalue weighted by atomic mass is 9.99. The summed E-state index contributed by atoms with van der Waals surface area (Å²) in [5.41, 5.74) is 1.10. The van der Waals surface area contributed by atoms with E-state index in [2.05, 4.69) is 6.07 Å². The van der Waals surface area contributed by atoms with Crippen LogP contribution in [0.3, 0.4) is 0 Å². The number of hydrogen-bond donors (Lipinski definition) is 0. The molecule has 0 saturated carbocycles. The van der Waals surface area contributed by atoms with Crippen LogP contribution in [0.25, 0.3) is 0 Å². The fourth-order valence-corrected chi connectivity index (χ4v) is 2.34. The van der Waals surface area contributed by atoms with E-state index in [1.807, 2.05) is 7.05 Å². The molecule has 0 radical (unpaired) electrons. The smallest absolute Gasteiger partial charge is 0.253 e. The molecule has 0 aromatic heterocycles. The summed E-state index contributed by atoms with van der Waals surface area (Å²) in [6.07, 6.45) is 2.02. The highest BCUT2D eigenvalue weighted by atomic mass is 16.5. The maximum atomic E-state index is 12.3. The summed E-state index contributed by atoms with van der Waals surface area (Å²) in [5, 5.41) is 8.85. The Morgan fingerprint density at radius 1 is 1.47 bits per heavy atom. The number of hydrogen-bond acceptors (Lipinski definition) is 3. The topological polar surface area (TPSA) is 53.3 Å². The van der Waals surface area contributed by atoms with E-state index in [1.54, 1.807) is 29.2 Å². The van der Waals surface area contributed by atoms with Gasteiger partial charge in [-0.2, -0.15) is 5.26 Å². The van der Waals surface area contributed by atoms with Crippen molar-refractivity contribution in [3.05, 3.63) is 35.4 Å². The molecule has 1 fully saturated rings. The monoisotopic (exact) mass is 258 g/mol. The highest BCUT2D eigenvalue weighted by molar-refractivity contribution is 5.94. The van der Waals surface area contributed by atoms with Gasteiger partial charge in [0.15, 0.2) is 0 Å². The van der Waals surface area contributed by atoms with Crippen LogP contribution in [0.4, 0.5) is 0 Å². The first kappa shape index (κ1) is 13.6. The minimum atomic E-state index is -0.0245. The highest BCUT2D eigenvalue weighted by Crippen LogP contribution is 2.17. The standard InChI is InChI=1S/C15H18N2O2/c1-17(11-12-5-7-19-8-6-12)15(18)14-4-2-3-13(9-14)10-16/h2-4,9,12H,5-8,11H2,1H3. The molecule has 1 aliphatic heterocycles. The second-order valence-corrected chi connectivity index (χ2v) is 4.93. The van der Waals surface area contributed by atoms with Gasteiger partial charge in [0.1, 0.15) is 0 Å². The maximum absolute atomic E-state index is 12.3. The number of benzene rings is 1. The van der Waals surface area contributed by atoms with Crippen molar-refractivity contribution in [2.24, 2.45) is 5.92 Å². The Labute approximate surface area is 113 Å². The first-order chi connectivity index (χ1) is 9.20. The van der Waals surface area contributed by atoms with Gasteiger partial charge in [0.05, 0.1) is 11.6 Å². The van der Waals surface area contributed by atoms with Gasteiger partial charge in [-0.15, -0.1) is 0 Å². The zero-order valence-electron chi connectivity index (χ0n) is 11.1. The van der Waals surface area contributed by atoms with Gasteiger partial charge in [-0.3, -0.25) is 4.79 Å². The van der Waals surface area contributed by atoms with Crippen LogP contribution in [0.2, 0.25) is 0 Å². The molecular weight excluding hydrogens is 240 g/mol. The van der Waals surface area contributed by atoms with Gasteiger partial charge >= 0.3 is 0 Å². The average molecular weight is 258 g/mol. The molecule has 0 bridgehead atoms. The summed E-state index contributed by atoms with van der Waals surface area (Å²) >= 11 is 0. The molecule has 1 saturated heterocycles. The summed E-state index contributed by atoms with van der Waals surface area (Å²) in [6.45, 7) is 2.33. The molecule has 0 spiro atoms. The maximum Gasteiger partial charge on any atom is 0.253 e. The number of rotatable bonds is 3. The fourth-order valence-electron chi connectivity index (χ4n) is 2.34. The summed E-state index contributed by atoms with van der Waals surface area (Å²) in [6, 6.07) is 8.90. The van der Waals surface area contributed by atoms with Crippen molar-refractivity contribution in [1.82, 2.24) is 4.90 Å². The van der Waals surface area contributed by atoms with Crippen molar-refractivity contribution >= 4 is 5.91 Å². The van der Waals surface area contributed by atoms with E-state index < -0.39 is 0 Å².